The first-order valence-corrected chi connectivity index (χ1v) is 9.04. The topological polar surface area (TPSA) is 111 Å². The number of benzene rings is 1. The zero-order valence-corrected chi connectivity index (χ0v) is 16.3. The number of anilines is 2. The summed E-state index contributed by atoms with van der Waals surface area (Å²) in [4.78, 5) is 28.7. The summed E-state index contributed by atoms with van der Waals surface area (Å²) in [7, 11) is 3.12. The fourth-order valence-electron chi connectivity index (χ4n) is 2.70. The molecule has 0 aliphatic carbocycles. The molecule has 4 rings (SSSR count). The van der Waals surface area contributed by atoms with Gasteiger partial charge in [0.25, 0.3) is 5.91 Å². The van der Waals surface area contributed by atoms with Gasteiger partial charge in [0.15, 0.2) is 0 Å². The van der Waals surface area contributed by atoms with E-state index in [4.69, 9.17) is 9.47 Å². The lowest BCUT2D eigenvalue weighted by atomic mass is 10.2. The fourth-order valence-corrected chi connectivity index (χ4v) is 2.70. The van der Waals surface area contributed by atoms with E-state index in [1.807, 2.05) is 18.2 Å². The van der Waals surface area contributed by atoms with Crippen LogP contribution in [0.25, 0.3) is 10.9 Å². The van der Waals surface area contributed by atoms with Gasteiger partial charge in [-0.05, 0) is 30.3 Å². The Morgan fingerprint density at radius 2 is 1.83 bits per heavy atom. The minimum Gasteiger partial charge on any atom is -0.481 e. The first kappa shape index (κ1) is 19.1. The van der Waals surface area contributed by atoms with E-state index in [-0.39, 0.29) is 11.6 Å². The quantitative estimate of drug-likeness (QED) is 0.505. The molecule has 0 spiro atoms. The van der Waals surface area contributed by atoms with Crippen molar-refractivity contribution in [3.05, 3.63) is 66.7 Å². The third-order valence-electron chi connectivity index (χ3n) is 4.18. The monoisotopic (exact) mass is 402 g/mol. The van der Waals surface area contributed by atoms with Gasteiger partial charge < -0.3 is 20.1 Å². The molecule has 0 bridgehead atoms. The molecule has 1 aromatic carbocycles. The van der Waals surface area contributed by atoms with E-state index in [1.165, 1.54) is 6.20 Å². The summed E-state index contributed by atoms with van der Waals surface area (Å²) < 4.78 is 10.9. The number of rotatable bonds is 6. The Balaban J connectivity index is 1.52. The summed E-state index contributed by atoms with van der Waals surface area (Å²) in [5.74, 6) is 1.81. The number of amides is 1. The van der Waals surface area contributed by atoms with Gasteiger partial charge in [0, 0.05) is 37.0 Å². The van der Waals surface area contributed by atoms with Gasteiger partial charge in [-0.1, -0.05) is 0 Å². The first-order valence-electron chi connectivity index (χ1n) is 9.04. The van der Waals surface area contributed by atoms with Crippen LogP contribution >= 0.6 is 0 Å². The second-order valence-corrected chi connectivity index (χ2v) is 6.19. The van der Waals surface area contributed by atoms with E-state index >= 15 is 0 Å². The summed E-state index contributed by atoms with van der Waals surface area (Å²) in [6, 6.07) is 12.3. The highest BCUT2D eigenvalue weighted by Crippen LogP contribution is 2.26. The van der Waals surface area contributed by atoms with Crippen LogP contribution in [0.3, 0.4) is 0 Å². The van der Waals surface area contributed by atoms with Crippen molar-refractivity contribution in [3.63, 3.8) is 0 Å². The number of ether oxygens (including phenoxy) is 2. The van der Waals surface area contributed by atoms with Gasteiger partial charge in [-0.15, -0.1) is 0 Å². The maximum absolute atomic E-state index is 11.7. The average Bonchev–Trinajstić information content (AvgIpc) is 2.79. The Bertz CT molecular complexity index is 1200. The molecule has 30 heavy (non-hydrogen) atoms. The van der Waals surface area contributed by atoms with Gasteiger partial charge in [0.1, 0.15) is 17.2 Å². The van der Waals surface area contributed by atoms with Crippen molar-refractivity contribution in [2.24, 2.45) is 0 Å². The molecule has 0 saturated carbocycles. The number of nitrogens with one attached hydrogen (secondary N) is 2. The third kappa shape index (κ3) is 4.25. The van der Waals surface area contributed by atoms with E-state index in [1.54, 1.807) is 50.8 Å². The van der Waals surface area contributed by atoms with Crippen molar-refractivity contribution in [1.82, 2.24) is 25.3 Å². The second-order valence-electron chi connectivity index (χ2n) is 6.19. The number of carbonyl (C=O) groups excluding carboxylic acids is 1. The molecule has 2 N–H and O–H groups in total. The van der Waals surface area contributed by atoms with Gasteiger partial charge in [-0.3, -0.25) is 9.78 Å². The molecule has 3 aromatic heterocycles. The maximum atomic E-state index is 11.7. The Kier molecular flexibility index (Phi) is 5.33. The molecule has 9 heteroatoms. The number of fused-ring (bicyclic) bond motifs is 1. The van der Waals surface area contributed by atoms with Crippen LogP contribution in [-0.2, 0) is 0 Å². The molecule has 9 nitrogen and oxygen atoms in total. The van der Waals surface area contributed by atoms with Gasteiger partial charge >= 0.3 is 0 Å². The average molecular weight is 402 g/mol. The molecule has 1 amide bonds. The van der Waals surface area contributed by atoms with E-state index in [0.29, 0.717) is 23.3 Å². The Labute approximate surface area is 172 Å². The molecule has 3 heterocycles. The summed E-state index contributed by atoms with van der Waals surface area (Å²) in [5.41, 5.74) is 1.78. The van der Waals surface area contributed by atoms with Crippen LogP contribution in [0.15, 0.2) is 61.1 Å². The highest BCUT2D eigenvalue weighted by molar-refractivity contribution is 5.92. The van der Waals surface area contributed by atoms with E-state index in [0.717, 1.165) is 16.6 Å². The highest BCUT2D eigenvalue weighted by atomic mass is 16.5. The Hall–Kier alpha value is -4.27. The van der Waals surface area contributed by atoms with Crippen molar-refractivity contribution in [2.45, 2.75) is 0 Å². The Morgan fingerprint density at radius 1 is 0.967 bits per heavy atom. The molecule has 0 atom stereocenters. The van der Waals surface area contributed by atoms with Crippen LogP contribution in [-0.4, -0.2) is 40.0 Å². The number of pyridine rings is 2. The third-order valence-corrected chi connectivity index (χ3v) is 4.18. The lowest BCUT2D eigenvalue weighted by Crippen LogP contribution is -2.18. The van der Waals surface area contributed by atoms with Crippen LogP contribution in [0.2, 0.25) is 0 Å². The standard InChI is InChI=1S/C21H18N6O3/c1-22-20(28)18-10-16(7-8-23-18)30-15-4-5-17-13(9-15)11-25-21(27-17)26-14-3-6-19(29-2)24-12-14/h3-12H,1-2H3,(H,22,28)(H,25,26,27). The van der Waals surface area contributed by atoms with Crippen molar-refractivity contribution < 1.29 is 14.3 Å². The number of hydrogen-bond donors (Lipinski definition) is 2. The normalized spacial score (nSPS) is 10.5. The predicted octanol–water partition coefficient (Wildman–Crippen LogP) is 3.32. The minimum atomic E-state index is -0.278. The minimum absolute atomic E-state index is 0.278. The molecule has 0 unspecified atom stereocenters. The van der Waals surface area contributed by atoms with E-state index in [9.17, 15) is 4.79 Å². The summed E-state index contributed by atoms with van der Waals surface area (Å²) >= 11 is 0. The molecule has 0 aliphatic heterocycles. The van der Waals surface area contributed by atoms with Crippen LogP contribution in [0.4, 0.5) is 11.6 Å². The zero-order chi connectivity index (χ0) is 20.9. The van der Waals surface area contributed by atoms with Crippen molar-refractivity contribution in [2.75, 3.05) is 19.5 Å². The highest BCUT2D eigenvalue weighted by Gasteiger charge is 2.08. The predicted molar refractivity (Wildman–Crippen MR) is 111 cm³/mol. The van der Waals surface area contributed by atoms with Crippen molar-refractivity contribution >= 4 is 28.4 Å². The number of carbonyl (C=O) groups is 1. The number of nitrogens with zero attached hydrogens (tertiary/aromatic N) is 4. The second kappa shape index (κ2) is 8.39. The SMILES string of the molecule is CNC(=O)c1cc(Oc2ccc3nc(Nc4ccc(OC)nc4)ncc3c2)ccn1. The summed E-state index contributed by atoms with van der Waals surface area (Å²) in [5, 5.41) is 6.45. The van der Waals surface area contributed by atoms with E-state index < -0.39 is 0 Å². The van der Waals surface area contributed by atoms with E-state index in [2.05, 4.69) is 30.6 Å². The molecule has 0 saturated heterocycles. The van der Waals surface area contributed by atoms with Gasteiger partial charge in [0.2, 0.25) is 11.8 Å². The van der Waals surface area contributed by atoms with Crippen molar-refractivity contribution in [1.29, 1.82) is 0 Å². The summed E-state index contributed by atoms with van der Waals surface area (Å²) in [6.45, 7) is 0. The van der Waals surface area contributed by atoms with Gasteiger partial charge in [-0.2, -0.15) is 0 Å². The van der Waals surface area contributed by atoms with Gasteiger partial charge in [-0.25, -0.2) is 15.0 Å². The largest absolute Gasteiger partial charge is 0.481 e. The Morgan fingerprint density at radius 3 is 2.60 bits per heavy atom. The van der Waals surface area contributed by atoms with Crippen LogP contribution in [0.5, 0.6) is 17.4 Å². The zero-order valence-electron chi connectivity index (χ0n) is 16.3. The molecule has 150 valence electrons. The van der Waals surface area contributed by atoms with Crippen LogP contribution in [0, 0.1) is 0 Å². The molecular weight excluding hydrogens is 384 g/mol. The smallest absolute Gasteiger partial charge is 0.269 e. The molecule has 0 aliphatic rings. The van der Waals surface area contributed by atoms with Crippen molar-refractivity contribution in [3.8, 4) is 17.4 Å². The summed E-state index contributed by atoms with van der Waals surface area (Å²) in [6.07, 6.45) is 4.87. The molecule has 4 aromatic rings. The fraction of sp³-hybridized carbons (Fsp3) is 0.0952. The maximum Gasteiger partial charge on any atom is 0.269 e. The lowest BCUT2D eigenvalue weighted by molar-refractivity contribution is 0.0958. The molecular formula is C21H18N6O3. The lowest BCUT2D eigenvalue weighted by Gasteiger charge is -2.09. The number of hydrogen-bond acceptors (Lipinski definition) is 8. The van der Waals surface area contributed by atoms with Crippen LogP contribution < -0.4 is 20.1 Å². The van der Waals surface area contributed by atoms with Crippen LogP contribution in [0.1, 0.15) is 10.5 Å². The molecule has 0 fully saturated rings. The number of aromatic nitrogens is 4. The van der Waals surface area contributed by atoms with Gasteiger partial charge in [0.05, 0.1) is 24.5 Å². The first-order chi connectivity index (χ1) is 14.6. The molecule has 0 radical (unpaired) electrons. The number of methoxy groups -OCH3 is 1.